The van der Waals surface area contributed by atoms with Crippen molar-refractivity contribution in [3.63, 3.8) is 0 Å². The largest absolute Gasteiger partial charge is 0.496 e. The number of imide groups is 1. The number of ether oxygens (including phenoxy) is 2. The molecule has 1 aliphatic rings. The highest BCUT2D eigenvalue weighted by Gasteiger charge is 2.18. The lowest BCUT2D eigenvalue weighted by Gasteiger charge is -2.20. The van der Waals surface area contributed by atoms with Crippen molar-refractivity contribution in [1.29, 1.82) is 0 Å². The van der Waals surface area contributed by atoms with E-state index in [1.54, 1.807) is 24.3 Å². The van der Waals surface area contributed by atoms with E-state index in [0.717, 1.165) is 6.42 Å². The standard InChI is InChI=1S/C19H25NO5/c1-24-16-10-6-5-9-15(16)19(23)20-17(21)13-25-18(22)12-11-14-7-3-2-4-8-14/h5-6,9-10,14H,2-4,7-8,11-13H2,1H3,(H,20,21,23). The van der Waals surface area contributed by atoms with Crippen LogP contribution in [-0.2, 0) is 14.3 Å². The van der Waals surface area contributed by atoms with E-state index in [9.17, 15) is 14.4 Å². The molecule has 1 N–H and O–H groups in total. The highest BCUT2D eigenvalue weighted by atomic mass is 16.5. The van der Waals surface area contributed by atoms with E-state index in [0.29, 0.717) is 18.1 Å². The zero-order valence-corrected chi connectivity index (χ0v) is 14.6. The Balaban J connectivity index is 1.70. The molecule has 0 aromatic heterocycles. The first-order valence-corrected chi connectivity index (χ1v) is 8.73. The summed E-state index contributed by atoms with van der Waals surface area (Å²) in [6.45, 7) is -0.454. The molecule has 0 aliphatic heterocycles. The summed E-state index contributed by atoms with van der Waals surface area (Å²) in [6.07, 6.45) is 7.20. The lowest BCUT2D eigenvalue weighted by molar-refractivity contribution is -0.148. The number of hydrogen-bond acceptors (Lipinski definition) is 5. The lowest BCUT2D eigenvalue weighted by Crippen LogP contribution is -2.34. The Morgan fingerprint density at radius 3 is 2.56 bits per heavy atom. The Morgan fingerprint density at radius 1 is 1.12 bits per heavy atom. The number of esters is 1. The minimum atomic E-state index is -0.651. The lowest BCUT2D eigenvalue weighted by atomic mass is 9.86. The van der Waals surface area contributed by atoms with Crippen LogP contribution >= 0.6 is 0 Å². The predicted octanol–water partition coefficient (Wildman–Crippen LogP) is 2.86. The number of hydrogen-bond donors (Lipinski definition) is 1. The molecule has 0 spiro atoms. The van der Waals surface area contributed by atoms with Gasteiger partial charge in [-0.05, 0) is 24.5 Å². The second-order valence-electron chi connectivity index (χ2n) is 6.28. The molecule has 136 valence electrons. The van der Waals surface area contributed by atoms with Crippen molar-refractivity contribution in [3.05, 3.63) is 29.8 Å². The molecule has 6 nitrogen and oxygen atoms in total. The monoisotopic (exact) mass is 347 g/mol. The fourth-order valence-corrected chi connectivity index (χ4v) is 3.08. The van der Waals surface area contributed by atoms with Gasteiger partial charge in [0.15, 0.2) is 6.61 Å². The summed E-state index contributed by atoms with van der Waals surface area (Å²) >= 11 is 0. The maximum atomic E-state index is 12.1. The molecule has 25 heavy (non-hydrogen) atoms. The van der Waals surface area contributed by atoms with Crippen LogP contribution in [0.5, 0.6) is 5.75 Å². The molecule has 0 heterocycles. The van der Waals surface area contributed by atoms with E-state index in [1.165, 1.54) is 39.2 Å². The van der Waals surface area contributed by atoms with Gasteiger partial charge in [0.2, 0.25) is 0 Å². The van der Waals surface area contributed by atoms with Crippen LogP contribution in [0, 0.1) is 5.92 Å². The summed E-state index contributed by atoms with van der Waals surface area (Å²) in [5, 5.41) is 2.20. The normalized spacial score (nSPS) is 14.6. The summed E-state index contributed by atoms with van der Waals surface area (Å²) in [4.78, 5) is 35.6. The minimum Gasteiger partial charge on any atom is -0.496 e. The van der Waals surface area contributed by atoms with E-state index in [4.69, 9.17) is 9.47 Å². The van der Waals surface area contributed by atoms with Gasteiger partial charge in [0.1, 0.15) is 5.75 Å². The maximum Gasteiger partial charge on any atom is 0.306 e. The van der Waals surface area contributed by atoms with E-state index in [-0.39, 0.29) is 5.56 Å². The molecule has 0 radical (unpaired) electrons. The van der Waals surface area contributed by atoms with Crippen LogP contribution in [0.15, 0.2) is 24.3 Å². The molecule has 1 aromatic carbocycles. The summed E-state index contributed by atoms with van der Waals surface area (Å²) in [7, 11) is 1.45. The molecule has 6 heteroatoms. The Bertz CT molecular complexity index is 608. The van der Waals surface area contributed by atoms with Crippen molar-refractivity contribution in [2.24, 2.45) is 5.92 Å². The zero-order chi connectivity index (χ0) is 18.1. The van der Waals surface area contributed by atoms with E-state index < -0.39 is 24.4 Å². The highest BCUT2D eigenvalue weighted by molar-refractivity contribution is 6.06. The van der Waals surface area contributed by atoms with Crippen LogP contribution in [0.1, 0.15) is 55.3 Å². The van der Waals surface area contributed by atoms with Crippen LogP contribution < -0.4 is 10.1 Å². The van der Waals surface area contributed by atoms with Crippen LogP contribution in [-0.4, -0.2) is 31.5 Å². The van der Waals surface area contributed by atoms with Crippen molar-refractivity contribution >= 4 is 17.8 Å². The van der Waals surface area contributed by atoms with Crippen molar-refractivity contribution in [3.8, 4) is 5.75 Å². The molecule has 1 fully saturated rings. The fourth-order valence-electron chi connectivity index (χ4n) is 3.08. The number of rotatable bonds is 7. The third-order valence-corrected chi connectivity index (χ3v) is 4.45. The second kappa shape index (κ2) is 9.81. The summed E-state index contributed by atoms with van der Waals surface area (Å²) in [5.41, 5.74) is 0.252. The number of nitrogens with one attached hydrogen (secondary N) is 1. The topological polar surface area (TPSA) is 81.7 Å². The molecule has 1 aromatic rings. The maximum absolute atomic E-state index is 12.1. The molecule has 0 atom stereocenters. The zero-order valence-electron chi connectivity index (χ0n) is 14.6. The Kier molecular flexibility index (Phi) is 7.44. The highest BCUT2D eigenvalue weighted by Crippen LogP contribution is 2.27. The Labute approximate surface area is 147 Å². The summed E-state index contributed by atoms with van der Waals surface area (Å²) in [5.74, 6) is -0.674. The van der Waals surface area contributed by atoms with Crippen molar-refractivity contribution < 1.29 is 23.9 Å². The van der Waals surface area contributed by atoms with Crippen LogP contribution in [0.4, 0.5) is 0 Å². The Hall–Kier alpha value is -2.37. The molecule has 0 bridgehead atoms. The van der Waals surface area contributed by atoms with Gasteiger partial charge in [-0.15, -0.1) is 0 Å². The van der Waals surface area contributed by atoms with Crippen LogP contribution in [0.2, 0.25) is 0 Å². The first-order valence-electron chi connectivity index (χ1n) is 8.73. The molecule has 1 saturated carbocycles. The minimum absolute atomic E-state index is 0.252. The van der Waals surface area contributed by atoms with Crippen LogP contribution in [0.25, 0.3) is 0 Å². The number of para-hydroxylation sites is 1. The second-order valence-corrected chi connectivity index (χ2v) is 6.28. The van der Waals surface area contributed by atoms with E-state index >= 15 is 0 Å². The third-order valence-electron chi connectivity index (χ3n) is 4.45. The number of amides is 2. The number of carbonyl (C=O) groups is 3. The van der Waals surface area contributed by atoms with Gasteiger partial charge in [-0.1, -0.05) is 44.2 Å². The summed E-state index contributed by atoms with van der Waals surface area (Å²) in [6, 6.07) is 6.58. The summed E-state index contributed by atoms with van der Waals surface area (Å²) < 4.78 is 10.0. The average Bonchev–Trinajstić information content (AvgIpc) is 2.65. The first-order chi connectivity index (χ1) is 12.1. The van der Waals surface area contributed by atoms with E-state index in [1.807, 2.05) is 0 Å². The first kappa shape index (κ1) is 19.0. The third kappa shape index (κ3) is 6.21. The van der Waals surface area contributed by atoms with Gasteiger partial charge in [-0.2, -0.15) is 0 Å². The predicted molar refractivity (Wildman–Crippen MR) is 92.2 cm³/mol. The molecular formula is C19H25NO5. The number of methoxy groups -OCH3 is 1. The Morgan fingerprint density at radius 2 is 1.84 bits per heavy atom. The number of benzene rings is 1. The van der Waals surface area contributed by atoms with Gasteiger partial charge in [-0.3, -0.25) is 19.7 Å². The molecule has 0 unspecified atom stereocenters. The fraction of sp³-hybridized carbons (Fsp3) is 0.526. The van der Waals surface area contributed by atoms with Gasteiger partial charge in [0.05, 0.1) is 12.7 Å². The molecule has 2 amide bonds. The SMILES string of the molecule is COc1ccccc1C(=O)NC(=O)COC(=O)CCC1CCCCC1. The molecular weight excluding hydrogens is 322 g/mol. The van der Waals surface area contributed by atoms with Crippen LogP contribution in [0.3, 0.4) is 0 Å². The van der Waals surface area contributed by atoms with E-state index in [2.05, 4.69) is 5.32 Å². The number of carbonyl (C=O) groups excluding carboxylic acids is 3. The quantitative estimate of drug-likeness (QED) is 0.767. The molecule has 2 rings (SSSR count). The van der Waals surface area contributed by atoms with Gasteiger partial charge in [-0.25, -0.2) is 0 Å². The average molecular weight is 347 g/mol. The van der Waals surface area contributed by atoms with Gasteiger partial charge >= 0.3 is 5.97 Å². The smallest absolute Gasteiger partial charge is 0.306 e. The van der Waals surface area contributed by atoms with Gasteiger partial charge < -0.3 is 9.47 Å². The molecule has 0 saturated heterocycles. The van der Waals surface area contributed by atoms with Crippen molar-refractivity contribution in [2.75, 3.05) is 13.7 Å². The molecule has 1 aliphatic carbocycles. The van der Waals surface area contributed by atoms with Crippen molar-refractivity contribution in [1.82, 2.24) is 5.32 Å². The van der Waals surface area contributed by atoms with Crippen molar-refractivity contribution in [2.45, 2.75) is 44.9 Å². The van der Waals surface area contributed by atoms with Gasteiger partial charge in [0.25, 0.3) is 11.8 Å². The van der Waals surface area contributed by atoms with Gasteiger partial charge in [0, 0.05) is 6.42 Å².